The van der Waals surface area contributed by atoms with Gasteiger partial charge in [-0.2, -0.15) is 5.10 Å². The summed E-state index contributed by atoms with van der Waals surface area (Å²) in [5, 5.41) is 11.7. The number of aliphatic imine (C=N–C) groups is 1. The van der Waals surface area contributed by atoms with Gasteiger partial charge in [0.15, 0.2) is 5.96 Å². The molecule has 3 rings (SSSR count). The SMILES string of the molecule is CCc1nn(C)c(CC)c1CN=C(NCCCN1CCOCC1)NCCc1ccco1. The molecule has 0 saturated carbocycles. The molecule has 2 N–H and O–H groups in total. The third-order valence-electron chi connectivity index (χ3n) is 5.71. The summed E-state index contributed by atoms with van der Waals surface area (Å²) in [5.41, 5.74) is 3.67. The largest absolute Gasteiger partial charge is 0.469 e. The number of furan rings is 1. The fourth-order valence-corrected chi connectivity index (χ4v) is 4.00. The molecule has 2 aromatic rings. The van der Waals surface area contributed by atoms with E-state index in [1.807, 2.05) is 23.9 Å². The van der Waals surface area contributed by atoms with E-state index in [4.69, 9.17) is 14.1 Å². The van der Waals surface area contributed by atoms with Crippen molar-refractivity contribution >= 4 is 5.96 Å². The van der Waals surface area contributed by atoms with Gasteiger partial charge in [0.2, 0.25) is 0 Å². The average molecular weight is 431 g/mol. The number of hydrogen-bond acceptors (Lipinski definition) is 5. The van der Waals surface area contributed by atoms with Crippen molar-refractivity contribution in [3.63, 3.8) is 0 Å². The van der Waals surface area contributed by atoms with E-state index in [0.717, 1.165) is 89.0 Å². The van der Waals surface area contributed by atoms with E-state index in [9.17, 15) is 0 Å². The molecular formula is C23H38N6O2. The first kappa shape index (κ1) is 23.3. The van der Waals surface area contributed by atoms with Crippen molar-refractivity contribution in [2.75, 3.05) is 45.9 Å². The van der Waals surface area contributed by atoms with E-state index in [-0.39, 0.29) is 0 Å². The molecule has 0 unspecified atom stereocenters. The maximum absolute atomic E-state index is 5.45. The number of ether oxygens (including phenoxy) is 1. The summed E-state index contributed by atoms with van der Waals surface area (Å²) >= 11 is 0. The Hall–Kier alpha value is -2.32. The zero-order chi connectivity index (χ0) is 21.9. The van der Waals surface area contributed by atoms with Crippen LogP contribution >= 0.6 is 0 Å². The van der Waals surface area contributed by atoms with Crippen LogP contribution in [0.3, 0.4) is 0 Å². The van der Waals surface area contributed by atoms with Gasteiger partial charge >= 0.3 is 0 Å². The van der Waals surface area contributed by atoms with E-state index in [1.54, 1.807) is 6.26 Å². The van der Waals surface area contributed by atoms with Gasteiger partial charge in [-0.15, -0.1) is 0 Å². The number of rotatable bonds is 11. The number of aryl methyl sites for hydroxylation is 2. The molecule has 0 atom stereocenters. The smallest absolute Gasteiger partial charge is 0.191 e. The Morgan fingerprint density at radius 2 is 1.97 bits per heavy atom. The Balaban J connectivity index is 1.57. The summed E-state index contributed by atoms with van der Waals surface area (Å²) in [6, 6.07) is 3.93. The number of guanidine groups is 1. The van der Waals surface area contributed by atoms with Crippen molar-refractivity contribution in [1.29, 1.82) is 0 Å². The van der Waals surface area contributed by atoms with Gasteiger partial charge in [-0.1, -0.05) is 13.8 Å². The molecule has 8 nitrogen and oxygen atoms in total. The molecule has 0 spiro atoms. The normalized spacial score (nSPS) is 15.4. The molecule has 0 bridgehead atoms. The molecule has 1 aliphatic rings. The number of morpholine rings is 1. The summed E-state index contributed by atoms with van der Waals surface area (Å²) in [6.45, 7) is 11.5. The zero-order valence-corrected chi connectivity index (χ0v) is 19.3. The topological polar surface area (TPSA) is 79.9 Å². The molecule has 3 heterocycles. The van der Waals surface area contributed by atoms with Crippen LogP contribution in [0.5, 0.6) is 0 Å². The Morgan fingerprint density at radius 3 is 2.68 bits per heavy atom. The van der Waals surface area contributed by atoms with Crippen LogP contribution in [-0.2, 0) is 37.6 Å². The van der Waals surface area contributed by atoms with Gasteiger partial charge in [-0.05, 0) is 37.9 Å². The molecule has 0 aromatic carbocycles. The molecule has 1 fully saturated rings. The van der Waals surface area contributed by atoms with Gasteiger partial charge in [-0.3, -0.25) is 9.58 Å². The van der Waals surface area contributed by atoms with E-state index in [1.165, 1.54) is 11.3 Å². The Morgan fingerprint density at radius 1 is 1.16 bits per heavy atom. The van der Waals surface area contributed by atoms with Crippen LogP contribution in [0.1, 0.15) is 43.0 Å². The maximum Gasteiger partial charge on any atom is 0.191 e. The maximum atomic E-state index is 5.45. The second kappa shape index (κ2) is 12.5. The number of aromatic nitrogens is 2. The Kier molecular flexibility index (Phi) is 9.42. The first-order valence-corrected chi connectivity index (χ1v) is 11.6. The third-order valence-corrected chi connectivity index (χ3v) is 5.71. The van der Waals surface area contributed by atoms with Crippen LogP contribution in [0.25, 0.3) is 0 Å². The van der Waals surface area contributed by atoms with Crippen molar-refractivity contribution in [3.05, 3.63) is 41.1 Å². The molecule has 1 saturated heterocycles. The van der Waals surface area contributed by atoms with Crippen molar-refractivity contribution < 1.29 is 9.15 Å². The summed E-state index contributed by atoms with van der Waals surface area (Å²) < 4.78 is 12.9. The first-order chi connectivity index (χ1) is 15.2. The highest BCUT2D eigenvalue weighted by Gasteiger charge is 2.14. The highest BCUT2D eigenvalue weighted by Crippen LogP contribution is 2.16. The van der Waals surface area contributed by atoms with Crippen LogP contribution in [0.15, 0.2) is 27.8 Å². The number of nitrogens with one attached hydrogen (secondary N) is 2. The van der Waals surface area contributed by atoms with Gasteiger partial charge in [-0.25, -0.2) is 4.99 Å². The average Bonchev–Trinajstić information content (AvgIpc) is 3.42. The monoisotopic (exact) mass is 430 g/mol. The zero-order valence-electron chi connectivity index (χ0n) is 19.3. The lowest BCUT2D eigenvalue weighted by atomic mass is 10.1. The summed E-state index contributed by atoms with van der Waals surface area (Å²) in [6.07, 6.45) is 5.51. The molecule has 1 aliphatic heterocycles. The lowest BCUT2D eigenvalue weighted by Gasteiger charge is -2.26. The van der Waals surface area contributed by atoms with E-state index < -0.39 is 0 Å². The third kappa shape index (κ3) is 7.11. The summed E-state index contributed by atoms with van der Waals surface area (Å²) in [4.78, 5) is 7.37. The van der Waals surface area contributed by atoms with Crippen molar-refractivity contribution in [2.24, 2.45) is 12.0 Å². The Bertz CT molecular complexity index is 793. The second-order valence-corrected chi connectivity index (χ2v) is 7.86. The quantitative estimate of drug-likeness (QED) is 0.323. The van der Waals surface area contributed by atoms with Crippen LogP contribution in [-0.4, -0.2) is 66.6 Å². The molecule has 2 aromatic heterocycles. The van der Waals surface area contributed by atoms with E-state index in [0.29, 0.717) is 6.54 Å². The van der Waals surface area contributed by atoms with Crippen molar-refractivity contribution in [3.8, 4) is 0 Å². The molecule has 31 heavy (non-hydrogen) atoms. The predicted octanol–water partition coefficient (Wildman–Crippen LogP) is 2.14. The van der Waals surface area contributed by atoms with Gasteiger partial charge in [0, 0.05) is 50.9 Å². The fraction of sp³-hybridized carbons (Fsp3) is 0.652. The highest BCUT2D eigenvalue weighted by atomic mass is 16.5. The lowest BCUT2D eigenvalue weighted by molar-refractivity contribution is 0.0376. The van der Waals surface area contributed by atoms with Crippen molar-refractivity contribution in [2.45, 2.75) is 46.1 Å². The molecule has 172 valence electrons. The molecule has 8 heteroatoms. The highest BCUT2D eigenvalue weighted by molar-refractivity contribution is 5.79. The van der Waals surface area contributed by atoms with Gasteiger partial charge in [0.05, 0.1) is 31.7 Å². The van der Waals surface area contributed by atoms with Crippen molar-refractivity contribution in [1.82, 2.24) is 25.3 Å². The first-order valence-electron chi connectivity index (χ1n) is 11.6. The minimum Gasteiger partial charge on any atom is -0.469 e. The van der Waals surface area contributed by atoms with Crippen LogP contribution in [0.2, 0.25) is 0 Å². The fourth-order valence-electron chi connectivity index (χ4n) is 4.00. The van der Waals surface area contributed by atoms with Gasteiger partial charge < -0.3 is 19.8 Å². The second-order valence-electron chi connectivity index (χ2n) is 7.86. The standard InChI is InChI=1S/C23H38N6O2/c1-4-21-20(22(5-2)28(3)27-21)18-26-23(25-11-9-19-8-6-15-31-19)24-10-7-12-29-13-16-30-17-14-29/h6,8,15H,4-5,7,9-14,16-18H2,1-3H3,(H2,24,25,26). The molecule has 0 amide bonds. The minimum atomic E-state index is 0.639. The van der Waals surface area contributed by atoms with Crippen LogP contribution in [0, 0.1) is 0 Å². The summed E-state index contributed by atoms with van der Waals surface area (Å²) in [5.74, 6) is 1.83. The van der Waals surface area contributed by atoms with E-state index >= 15 is 0 Å². The number of hydrogen-bond donors (Lipinski definition) is 2. The minimum absolute atomic E-state index is 0.639. The predicted molar refractivity (Wildman–Crippen MR) is 123 cm³/mol. The Labute approximate surface area is 186 Å². The lowest BCUT2D eigenvalue weighted by Crippen LogP contribution is -2.41. The molecule has 0 radical (unpaired) electrons. The molecule has 0 aliphatic carbocycles. The number of nitrogens with zero attached hydrogens (tertiary/aromatic N) is 4. The van der Waals surface area contributed by atoms with E-state index in [2.05, 4.69) is 34.5 Å². The van der Waals surface area contributed by atoms with Crippen LogP contribution < -0.4 is 10.6 Å². The molecular weight excluding hydrogens is 392 g/mol. The van der Waals surface area contributed by atoms with Gasteiger partial charge in [0.25, 0.3) is 0 Å². The van der Waals surface area contributed by atoms with Gasteiger partial charge in [0.1, 0.15) is 5.76 Å². The van der Waals surface area contributed by atoms with Crippen LogP contribution in [0.4, 0.5) is 0 Å². The summed E-state index contributed by atoms with van der Waals surface area (Å²) in [7, 11) is 2.03.